The van der Waals surface area contributed by atoms with Crippen LogP contribution in [-0.4, -0.2) is 24.1 Å². The van der Waals surface area contributed by atoms with Gasteiger partial charge in [0.05, 0.1) is 5.69 Å². The molecule has 0 radical (unpaired) electrons. The summed E-state index contributed by atoms with van der Waals surface area (Å²) < 4.78 is 0. The van der Waals surface area contributed by atoms with E-state index in [0.29, 0.717) is 0 Å². The maximum absolute atomic E-state index is 5.87. The Balaban J connectivity index is 2.08. The smallest absolute Gasteiger partial charge is 0.132 e. The summed E-state index contributed by atoms with van der Waals surface area (Å²) in [5.41, 5.74) is 1.04. The van der Waals surface area contributed by atoms with Crippen molar-refractivity contribution in [2.24, 2.45) is 0 Å². The maximum atomic E-state index is 5.87. The fourth-order valence-electron chi connectivity index (χ4n) is 1.60. The number of hydrogen-bond donors (Lipinski definition) is 0. The third-order valence-corrected chi connectivity index (χ3v) is 3.83. The second-order valence-corrected chi connectivity index (χ2v) is 5.89. The second kappa shape index (κ2) is 6.26. The molecule has 0 N–H and O–H groups in total. The van der Waals surface area contributed by atoms with Crippen LogP contribution in [0.4, 0.5) is 5.82 Å². The number of aryl methyl sites for hydroxylation is 1. The van der Waals surface area contributed by atoms with Crippen LogP contribution in [0.25, 0.3) is 0 Å². The van der Waals surface area contributed by atoms with Gasteiger partial charge in [0.2, 0.25) is 0 Å². The fourth-order valence-corrected chi connectivity index (χ4v) is 2.52. The van der Waals surface area contributed by atoms with Crippen LogP contribution < -0.4 is 4.90 Å². The summed E-state index contributed by atoms with van der Waals surface area (Å²) in [6, 6.07) is 9.87. The second-order valence-electron chi connectivity index (χ2n) is 4.40. The van der Waals surface area contributed by atoms with E-state index in [1.807, 2.05) is 56.3 Å². The van der Waals surface area contributed by atoms with Crippen LogP contribution in [0.1, 0.15) is 11.5 Å². The molecule has 0 spiro atoms. The lowest BCUT2D eigenvalue weighted by Gasteiger charge is -2.13. The molecule has 0 aliphatic heterocycles. The van der Waals surface area contributed by atoms with Crippen molar-refractivity contribution in [1.29, 1.82) is 0 Å². The summed E-state index contributed by atoms with van der Waals surface area (Å²) in [6.45, 7) is 1.92. The Hall–Kier alpha value is -1.26. The number of thioether (sulfide) groups is 1. The van der Waals surface area contributed by atoms with Gasteiger partial charge < -0.3 is 4.90 Å². The zero-order valence-electron chi connectivity index (χ0n) is 11.2. The van der Waals surface area contributed by atoms with E-state index >= 15 is 0 Å². The molecule has 1 heterocycles. The van der Waals surface area contributed by atoms with E-state index in [0.717, 1.165) is 28.1 Å². The number of aromatic nitrogens is 2. The molecule has 0 atom stereocenters. The lowest BCUT2D eigenvalue weighted by molar-refractivity contribution is 0.958. The molecule has 3 nitrogen and oxygen atoms in total. The third-order valence-electron chi connectivity index (χ3n) is 2.54. The predicted molar refractivity (Wildman–Crippen MR) is 82.1 cm³/mol. The highest BCUT2D eigenvalue weighted by molar-refractivity contribution is 7.98. The number of halogens is 1. The first-order valence-corrected chi connectivity index (χ1v) is 7.31. The lowest BCUT2D eigenvalue weighted by atomic mass is 10.4. The number of nitrogens with zero attached hydrogens (tertiary/aromatic N) is 3. The summed E-state index contributed by atoms with van der Waals surface area (Å²) in [4.78, 5) is 12.0. The first-order chi connectivity index (χ1) is 9.04. The molecule has 0 saturated carbocycles. The van der Waals surface area contributed by atoms with Gasteiger partial charge in [-0.25, -0.2) is 9.97 Å². The van der Waals surface area contributed by atoms with Gasteiger partial charge in [-0.05, 0) is 31.2 Å². The third kappa shape index (κ3) is 4.11. The van der Waals surface area contributed by atoms with Gasteiger partial charge in [-0.15, -0.1) is 11.8 Å². The molecule has 0 amide bonds. The highest BCUT2D eigenvalue weighted by atomic mass is 35.5. The van der Waals surface area contributed by atoms with Gasteiger partial charge in [0.25, 0.3) is 0 Å². The lowest BCUT2D eigenvalue weighted by Crippen LogP contribution is -2.12. The largest absolute Gasteiger partial charge is 0.363 e. The molecule has 2 rings (SSSR count). The van der Waals surface area contributed by atoms with E-state index in [1.54, 1.807) is 11.8 Å². The minimum absolute atomic E-state index is 0.761. The van der Waals surface area contributed by atoms with Crippen molar-refractivity contribution < 1.29 is 0 Å². The quantitative estimate of drug-likeness (QED) is 0.802. The molecule has 0 aliphatic rings. The van der Waals surface area contributed by atoms with E-state index in [4.69, 9.17) is 11.6 Å². The topological polar surface area (TPSA) is 29.0 Å². The number of hydrogen-bond acceptors (Lipinski definition) is 4. The van der Waals surface area contributed by atoms with Crippen molar-refractivity contribution in [1.82, 2.24) is 9.97 Å². The highest BCUT2D eigenvalue weighted by Crippen LogP contribution is 2.24. The van der Waals surface area contributed by atoms with Crippen molar-refractivity contribution in [3.63, 3.8) is 0 Å². The molecular formula is C14H16ClN3S. The minimum atomic E-state index is 0.761. The Bertz CT molecular complexity index is 555. The molecule has 0 unspecified atom stereocenters. The Morgan fingerprint density at radius 3 is 2.47 bits per heavy atom. The van der Waals surface area contributed by atoms with E-state index in [1.165, 1.54) is 4.90 Å². The predicted octanol–water partition coefficient (Wildman–Crippen LogP) is 3.80. The summed E-state index contributed by atoms with van der Waals surface area (Å²) in [7, 11) is 3.97. The molecule has 0 bridgehead atoms. The normalized spacial score (nSPS) is 10.5. The molecule has 0 saturated heterocycles. The number of benzene rings is 1. The molecule has 0 aliphatic carbocycles. The summed E-state index contributed by atoms with van der Waals surface area (Å²) >= 11 is 7.61. The monoisotopic (exact) mass is 293 g/mol. The molecule has 1 aromatic heterocycles. The van der Waals surface area contributed by atoms with Crippen LogP contribution in [0.5, 0.6) is 0 Å². The van der Waals surface area contributed by atoms with Gasteiger partial charge in [-0.2, -0.15) is 0 Å². The van der Waals surface area contributed by atoms with Gasteiger partial charge in [0.15, 0.2) is 0 Å². The SMILES string of the molecule is Cc1nc(CSc2ccc(Cl)cc2)cc(N(C)C)n1. The fraction of sp³-hybridized carbons (Fsp3) is 0.286. The average Bonchev–Trinajstić information content (AvgIpc) is 2.37. The van der Waals surface area contributed by atoms with Gasteiger partial charge in [0, 0.05) is 35.8 Å². The molecule has 100 valence electrons. The standard InChI is InChI=1S/C14H16ClN3S/c1-10-16-12(8-14(17-10)18(2)3)9-19-13-6-4-11(15)5-7-13/h4-8H,9H2,1-3H3. The zero-order valence-corrected chi connectivity index (χ0v) is 12.8. The van der Waals surface area contributed by atoms with Crippen molar-refractivity contribution in [3.8, 4) is 0 Å². The number of anilines is 1. The highest BCUT2D eigenvalue weighted by Gasteiger charge is 2.04. The maximum Gasteiger partial charge on any atom is 0.132 e. The Labute approximate surface area is 123 Å². The van der Waals surface area contributed by atoms with Crippen LogP contribution in [-0.2, 0) is 5.75 Å². The van der Waals surface area contributed by atoms with Gasteiger partial charge in [-0.3, -0.25) is 0 Å². The molecule has 19 heavy (non-hydrogen) atoms. The van der Waals surface area contributed by atoms with Crippen molar-refractivity contribution in [3.05, 3.63) is 46.9 Å². The van der Waals surface area contributed by atoms with Crippen molar-refractivity contribution in [2.75, 3.05) is 19.0 Å². The van der Waals surface area contributed by atoms with Crippen molar-refractivity contribution >= 4 is 29.2 Å². The first kappa shape index (κ1) is 14.2. The summed E-state index contributed by atoms with van der Waals surface area (Å²) in [5, 5.41) is 0.761. The Morgan fingerprint density at radius 1 is 1.16 bits per heavy atom. The van der Waals surface area contributed by atoms with E-state index in [2.05, 4.69) is 9.97 Å². The average molecular weight is 294 g/mol. The van der Waals surface area contributed by atoms with Crippen LogP contribution in [0.2, 0.25) is 5.02 Å². The molecule has 0 fully saturated rings. The molecule has 2 aromatic rings. The van der Waals surface area contributed by atoms with Crippen molar-refractivity contribution in [2.45, 2.75) is 17.6 Å². The van der Waals surface area contributed by atoms with Crippen LogP contribution in [0, 0.1) is 6.92 Å². The molecule has 5 heteroatoms. The van der Waals surface area contributed by atoms with Gasteiger partial charge in [-0.1, -0.05) is 11.6 Å². The minimum Gasteiger partial charge on any atom is -0.363 e. The Kier molecular flexibility index (Phi) is 4.66. The Morgan fingerprint density at radius 2 is 1.84 bits per heavy atom. The van der Waals surface area contributed by atoms with Gasteiger partial charge >= 0.3 is 0 Å². The molecular weight excluding hydrogens is 278 g/mol. The summed E-state index contributed by atoms with van der Waals surface area (Å²) in [6.07, 6.45) is 0. The van der Waals surface area contributed by atoms with Gasteiger partial charge in [0.1, 0.15) is 11.6 Å². The summed E-state index contributed by atoms with van der Waals surface area (Å²) in [5.74, 6) is 2.57. The first-order valence-electron chi connectivity index (χ1n) is 5.95. The van der Waals surface area contributed by atoms with Crippen LogP contribution in [0.15, 0.2) is 35.2 Å². The van der Waals surface area contributed by atoms with Crippen LogP contribution >= 0.6 is 23.4 Å². The van der Waals surface area contributed by atoms with E-state index < -0.39 is 0 Å². The van der Waals surface area contributed by atoms with E-state index in [-0.39, 0.29) is 0 Å². The zero-order chi connectivity index (χ0) is 13.8. The number of rotatable bonds is 4. The molecule has 1 aromatic carbocycles. The van der Waals surface area contributed by atoms with E-state index in [9.17, 15) is 0 Å². The van der Waals surface area contributed by atoms with Crippen LogP contribution in [0.3, 0.4) is 0 Å².